The molecule has 0 aliphatic rings. The van der Waals surface area contributed by atoms with Crippen molar-refractivity contribution < 1.29 is 9.84 Å². The van der Waals surface area contributed by atoms with E-state index in [1.807, 2.05) is 6.92 Å². The number of aliphatic hydroxyl groups excluding tert-OH is 1. The molecule has 0 bridgehead atoms. The molecule has 3 N–H and O–H groups in total. The highest BCUT2D eigenvalue weighted by Crippen LogP contribution is 1.83. The second kappa shape index (κ2) is 5.03. The van der Waals surface area contributed by atoms with Crippen LogP contribution in [-0.2, 0) is 4.74 Å². The summed E-state index contributed by atoms with van der Waals surface area (Å²) in [5, 5.41) is 8.24. The molecule has 0 aromatic heterocycles. The van der Waals surface area contributed by atoms with Gasteiger partial charge in [-0.1, -0.05) is 0 Å². The van der Waals surface area contributed by atoms with Gasteiger partial charge >= 0.3 is 0 Å². The van der Waals surface area contributed by atoms with Gasteiger partial charge in [0.15, 0.2) is 0 Å². The second-order valence-electron chi connectivity index (χ2n) is 1.64. The van der Waals surface area contributed by atoms with Gasteiger partial charge in [-0.2, -0.15) is 0 Å². The highest BCUT2D eigenvalue weighted by molar-refractivity contribution is 4.46. The Bertz CT molecular complexity index is 49.7. The third-order valence-corrected chi connectivity index (χ3v) is 0.826. The first kappa shape index (κ1) is 7.88. The van der Waals surface area contributed by atoms with Crippen LogP contribution >= 0.6 is 0 Å². The van der Waals surface area contributed by atoms with Crippen molar-refractivity contribution in [1.82, 2.24) is 0 Å². The standard InChI is InChI=1S/C5H13NO2/c1-5(4-6)8-3-2-7/h5,7H,2-4,6H2,1H3/t5-/m0/s1. The lowest BCUT2D eigenvalue weighted by Crippen LogP contribution is -2.21. The molecule has 0 saturated heterocycles. The van der Waals surface area contributed by atoms with E-state index in [0.717, 1.165) is 0 Å². The Balaban J connectivity index is 2.86. The van der Waals surface area contributed by atoms with Crippen molar-refractivity contribution in [3.8, 4) is 0 Å². The van der Waals surface area contributed by atoms with E-state index in [2.05, 4.69) is 0 Å². The fraction of sp³-hybridized carbons (Fsp3) is 1.00. The summed E-state index contributed by atoms with van der Waals surface area (Å²) in [7, 11) is 0. The van der Waals surface area contributed by atoms with E-state index in [9.17, 15) is 0 Å². The van der Waals surface area contributed by atoms with Gasteiger partial charge in [-0.05, 0) is 6.92 Å². The van der Waals surface area contributed by atoms with Crippen LogP contribution in [0, 0.1) is 0 Å². The van der Waals surface area contributed by atoms with E-state index >= 15 is 0 Å². The summed E-state index contributed by atoms with van der Waals surface area (Å²) >= 11 is 0. The van der Waals surface area contributed by atoms with Gasteiger partial charge in [-0.25, -0.2) is 0 Å². The zero-order chi connectivity index (χ0) is 6.41. The molecule has 0 aromatic carbocycles. The fourth-order valence-corrected chi connectivity index (χ4v) is 0.322. The Morgan fingerprint density at radius 3 is 2.75 bits per heavy atom. The van der Waals surface area contributed by atoms with Gasteiger partial charge in [0.25, 0.3) is 0 Å². The van der Waals surface area contributed by atoms with Crippen molar-refractivity contribution in [1.29, 1.82) is 0 Å². The Hall–Kier alpha value is -0.120. The van der Waals surface area contributed by atoms with Crippen LogP contribution in [0.3, 0.4) is 0 Å². The minimum absolute atomic E-state index is 0.0714. The van der Waals surface area contributed by atoms with Crippen LogP contribution < -0.4 is 5.73 Å². The predicted octanol–water partition coefficient (Wildman–Crippen LogP) is -0.658. The highest BCUT2D eigenvalue weighted by Gasteiger charge is 1.94. The van der Waals surface area contributed by atoms with E-state index in [-0.39, 0.29) is 12.7 Å². The Labute approximate surface area is 49.4 Å². The molecule has 3 heteroatoms. The van der Waals surface area contributed by atoms with Gasteiger partial charge in [0.2, 0.25) is 0 Å². The lowest BCUT2D eigenvalue weighted by molar-refractivity contribution is 0.0441. The van der Waals surface area contributed by atoms with Gasteiger partial charge in [0.1, 0.15) is 0 Å². The minimum Gasteiger partial charge on any atom is -0.394 e. The molecular formula is C5H13NO2. The molecule has 0 fully saturated rings. The molecule has 0 aliphatic heterocycles. The van der Waals surface area contributed by atoms with Gasteiger partial charge in [0, 0.05) is 6.54 Å². The lowest BCUT2D eigenvalue weighted by Gasteiger charge is -2.07. The number of hydrogen-bond donors (Lipinski definition) is 2. The average Bonchev–Trinajstić information content (AvgIpc) is 1.83. The van der Waals surface area contributed by atoms with E-state index in [0.29, 0.717) is 13.2 Å². The molecule has 0 saturated carbocycles. The van der Waals surface area contributed by atoms with E-state index in [4.69, 9.17) is 15.6 Å². The smallest absolute Gasteiger partial charge is 0.0701 e. The lowest BCUT2D eigenvalue weighted by atomic mass is 10.4. The first-order valence-electron chi connectivity index (χ1n) is 2.73. The highest BCUT2D eigenvalue weighted by atomic mass is 16.5. The van der Waals surface area contributed by atoms with Crippen LogP contribution in [0.4, 0.5) is 0 Å². The van der Waals surface area contributed by atoms with Gasteiger partial charge in [-0.15, -0.1) is 0 Å². The van der Waals surface area contributed by atoms with Crippen LogP contribution in [0.5, 0.6) is 0 Å². The van der Waals surface area contributed by atoms with Crippen LogP contribution in [0.1, 0.15) is 6.92 Å². The molecule has 0 aromatic rings. The van der Waals surface area contributed by atoms with Crippen LogP contribution in [0.2, 0.25) is 0 Å². The van der Waals surface area contributed by atoms with E-state index in [1.165, 1.54) is 0 Å². The van der Waals surface area contributed by atoms with Crippen molar-refractivity contribution in [3.05, 3.63) is 0 Å². The van der Waals surface area contributed by atoms with Gasteiger partial charge < -0.3 is 15.6 Å². The Kier molecular flexibility index (Phi) is 4.95. The third-order valence-electron chi connectivity index (χ3n) is 0.826. The maximum atomic E-state index is 8.24. The quantitative estimate of drug-likeness (QED) is 0.516. The summed E-state index contributed by atoms with van der Waals surface area (Å²) in [6.07, 6.45) is 0.0714. The number of nitrogens with two attached hydrogens (primary N) is 1. The summed E-state index contributed by atoms with van der Waals surface area (Å²) in [6.45, 7) is 2.85. The molecule has 0 unspecified atom stereocenters. The van der Waals surface area contributed by atoms with E-state index in [1.54, 1.807) is 0 Å². The second-order valence-corrected chi connectivity index (χ2v) is 1.64. The SMILES string of the molecule is C[C@@H](CN)OCCO. The van der Waals surface area contributed by atoms with Crippen molar-refractivity contribution in [2.75, 3.05) is 19.8 Å². The van der Waals surface area contributed by atoms with Crippen molar-refractivity contribution in [2.24, 2.45) is 5.73 Å². The molecular weight excluding hydrogens is 106 g/mol. The molecule has 0 heterocycles. The molecule has 50 valence electrons. The zero-order valence-electron chi connectivity index (χ0n) is 5.13. The summed E-state index contributed by atoms with van der Waals surface area (Å²) in [6, 6.07) is 0. The minimum atomic E-state index is 0.0714. The number of ether oxygens (including phenoxy) is 1. The molecule has 0 aliphatic carbocycles. The first-order chi connectivity index (χ1) is 3.81. The third kappa shape index (κ3) is 4.05. The Morgan fingerprint density at radius 2 is 2.38 bits per heavy atom. The number of hydrogen-bond acceptors (Lipinski definition) is 3. The maximum absolute atomic E-state index is 8.24. The molecule has 3 nitrogen and oxygen atoms in total. The first-order valence-corrected chi connectivity index (χ1v) is 2.73. The average molecular weight is 119 g/mol. The van der Waals surface area contributed by atoms with Gasteiger partial charge in [-0.3, -0.25) is 0 Å². The normalized spacial score (nSPS) is 13.9. The molecule has 0 amide bonds. The van der Waals surface area contributed by atoms with Crippen LogP contribution in [0.15, 0.2) is 0 Å². The summed E-state index contributed by atoms with van der Waals surface area (Å²) in [5.74, 6) is 0. The van der Waals surface area contributed by atoms with Crippen LogP contribution in [0.25, 0.3) is 0 Å². The monoisotopic (exact) mass is 119 g/mol. The number of rotatable bonds is 4. The topological polar surface area (TPSA) is 55.5 Å². The van der Waals surface area contributed by atoms with Crippen molar-refractivity contribution in [3.63, 3.8) is 0 Å². The van der Waals surface area contributed by atoms with Crippen LogP contribution in [-0.4, -0.2) is 31.0 Å². The van der Waals surface area contributed by atoms with Crippen molar-refractivity contribution >= 4 is 0 Å². The summed E-state index contributed by atoms with van der Waals surface area (Å²) < 4.78 is 4.97. The number of aliphatic hydroxyl groups is 1. The van der Waals surface area contributed by atoms with Crippen molar-refractivity contribution in [2.45, 2.75) is 13.0 Å². The molecule has 8 heavy (non-hydrogen) atoms. The predicted molar refractivity (Wildman–Crippen MR) is 31.6 cm³/mol. The fourth-order valence-electron chi connectivity index (χ4n) is 0.322. The Morgan fingerprint density at radius 1 is 1.75 bits per heavy atom. The molecule has 1 atom stereocenters. The summed E-state index contributed by atoms with van der Waals surface area (Å²) in [4.78, 5) is 0. The maximum Gasteiger partial charge on any atom is 0.0701 e. The van der Waals surface area contributed by atoms with E-state index < -0.39 is 0 Å². The molecule has 0 radical (unpaired) electrons. The van der Waals surface area contributed by atoms with Gasteiger partial charge in [0.05, 0.1) is 19.3 Å². The largest absolute Gasteiger partial charge is 0.394 e. The molecule has 0 rings (SSSR count). The zero-order valence-corrected chi connectivity index (χ0v) is 5.13. The molecule has 0 spiro atoms. The summed E-state index contributed by atoms with van der Waals surface area (Å²) in [5.41, 5.74) is 5.21.